The van der Waals surface area contributed by atoms with Gasteiger partial charge >= 0.3 is 11.9 Å². The van der Waals surface area contributed by atoms with Crippen LogP contribution in [0.4, 0.5) is 5.13 Å². The number of nitrogens with zero attached hydrogens (tertiary/aromatic N) is 1. The topological polar surface area (TPSA) is 143 Å². The summed E-state index contributed by atoms with van der Waals surface area (Å²) in [4.78, 5) is 37.2. The van der Waals surface area contributed by atoms with E-state index in [0.717, 1.165) is 11.3 Å². The molecule has 1 aromatic heterocycles. The second-order valence-corrected chi connectivity index (χ2v) is 4.79. The molecule has 1 atom stereocenters. The predicted octanol–water partition coefficient (Wildman–Crippen LogP) is 0.0815. The molecule has 19 heavy (non-hydrogen) atoms. The number of carbonyl (C=O) groups is 3. The molecule has 0 aliphatic rings. The van der Waals surface area contributed by atoms with Crippen LogP contribution in [0.3, 0.4) is 0 Å². The van der Waals surface area contributed by atoms with Crippen molar-refractivity contribution < 1.29 is 24.6 Å². The number of nitrogen functional groups attached to an aromatic ring is 1. The zero-order chi connectivity index (χ0) is 14.6. The van der Waals surface area contributed by atoms with E-state index in [4.69, 9.17) is 15.9 Å². The van der Waals surface area contributed by atoms with Gasteiger partial charge in [-0.25, -0.2) is 9.78 Å². The molecule has 9 heteroatoms. The van der Waals surface area contributed by atoms with E-state index in [9.17, 15) is 14.4 Å². The number of aromatic nitrogens is 1. The number of nitrogens with two attached hydrogens (primary N) is 1. The Hall–Kier alpha value is -2.16. The third-order valence-electron chi connectivity index (χ3n) is 2.27. The van der Waals surface area contributed by atoms with Crippen molar-refractivity contribution in [1.82, 2.24) is 10.3 Å². The molecule has 1 aromatic rings. The molecule has 0 radical (unpaired) electrons. The Kier molecular flexibility index (Phi) is 4.81. The van der Waals surface area contributed by atoms with Crippen LogP contribution < -0.4 is 11.1 Å². The monoisotopic (exact) mass is 287 g/mol. The number of anilines is 1. The summed E-state index contributed by atoms with van der Waals surface area (Å²) in [6.07, 6.45) is -0.537. The van der Waals surface area contributed by atoms with Crippen LogP contribution in [0, 0.1) is 6.92 Å². The normalized spacial score (nSPS) is 11.8. The third-order valence-corrected chi connectivity index (χ3v) is 3.26. The summed E-state index contributed by atoms with van der Waals surface area (Å²) in [5.74, 6) is -3.03. The van der Waals surface area contributed by atoms with Crippen molar-refractivity contribution >= 4 is 34.3 Å². The number of thiazole rings is 1. The van der Waals surface area contributed by atoms with Crippen molar-refractivity contribution in [1.29, 1.82) is 0 Å². The van der Waals surface area contributed by atoms with Gasteiger partial charge in [-0.3, -0.25) is 9.59 Å². The number of nitrogens with one attached hydrogen (secondary N) is 1. The average Bonchev–Trinajstić information content (AvgIpc) is 2.62. The van der Waals surface area contributed by atoms with E-state index in [1.165, 1.54) is 0 Å². The molecule has 0 aliphatic carbocycles. The van der Waals surface area contributed by atoms with E-state index in [1.54, 1.807) is 6.92 Å². The van der Waals surface area contributed by atoms with Crippen molar-refractivity contribution in [2.24, 2.45) is 0 Å². The Balaban J connectivity index is 2.74. The van der Waals surface area contributed by atoms with Crippen LogP contribution in [0.5, 0.6) is 0 Å². The molecule has 0 aromatic carbocycles. The van der Waals surface area contributed by atoms with Gasteiger partial charge in [-0.15, -0.1) is 0 Å². The average molecular weight is 287 g/mol. The van der Waals surface area contributed by atoms with E-state index in [2.05, 4.69) is 10.3 Å². The summed E-state index contributed by atoms with van der Waals surface area (Å²) < 4.78 is 0. The number of aliphatic carboxylic acids is 2. The lowest BCUT2D eigenvalue weighted by atomic mass is 10.1. The molecular formula is C10H13N3O5S. The molecule has 0 spiro atoms. The summed E-state index contributed by atoms with van der Waals surface area (Å²) in [6.45, 7) is 1.58. The van der Waals surface area contributed by atoms with Gasteiger partial charge in [0.05, 0.1) is 5.69 Å². The van der Waals surface area contributed by atoms with E-state index in [0.29, 0.717) is 5.69 Å². The van der Waals surface area contributed by atoms with Gasteiger partial charge in [0.15, 0.2) is 5.13 Å². The van der Waals surface area contributed by atoms with Gasteiger partial charge in [0.2, 0.25) is 0 Å². The Bertz CT molecular complexity index is 513. The molecule has 0 saturated carbocycles. The summed E-state index contributed by atoms with van der Waals surface area (Å²) in [6, 6.07) is -1.26. The Morgan fingerprint density at radius 2 is 2.05 bits per heavy atom. The van der Waals surface area contributed by atoms with Gasteiger partial charge in [0.1, 0.15) is 10.9 Å². The first-order valence-corrected chi connectivity index (χ1v) is 6.11. The zero-order valence-corrected chi connectivity index (χ0v) is 10.9. The van der Waals surface area contributed by atoms with Gasteiger partial charge in [0, 0.05) is 6.42 Å². The highest BCUT2D eigenvalue weighted by Crippen LogP contribution is 2.19. The summed E-state index contributed by atoms with van der Waals surface area (Å²) in [5.41, 5.74) is 5.84. The smallest absolute Gasteiger partial charge is 0.326 e. The molecule has 0 fully saturated rings. The number of aryl methyl sites for hydroxylation is 1. The fraction of sp³-hybridized carbons (Fsp3) is 0.400. The van der Waals surface area contributed by atoms with Crippen LogP contribution in [0.2, 0.25) is 0 Å². The van der Waals surface area contributed by atoms with Crippen LogP contribution in [0.25, 0.3) is 0 Å². The third kappa shape index (κ3) is 4.21. The predicted molar refractivity (Wildman–Crippen MR) is 67.0 cm³/mol. The second-order valence-electron chi connectivity index (χ2n) is 3.76. The lowest BCUT2D eigenvalue weighted by molar-refractivity contribution is -0.140. The van der Waals surface area contributed by atoms with Gasteiger partial charge in [-0.1, -0.05) is 11.3 Å². The maximum atomic E-state index is 11.8. The Morgan fingerprint density at radius 1 is 1.42 bits per heavy atom. The number of rotatable bonds is 6. The lowest BCUT2D eigenvalue weighted by Gasteiger charge is -2.12. The van der Waals surface area contributed by atoms with Crippen LogP contribution in [-0.2, 0) is 9.59 Å². The molecule has 104 valence electrons. The quantitative estimate of drug-likeness (QED) is 0.580. The number of hydrogen-bond acceptors (Lipinski definition) is 6. The molecule has 1 rings (SSSR count). The molecule has 0 saturated heterocycles. The highest BCUT2D eigenvalue weighted by molar-refractivity contribution is 7.17. The van der Waals surface area contributed by atoms with Crippen molar-refractivity contribution in [3.05, 3.63) is 10.6 Å². The summed E-state index contributed by atoms with van der Waals surface area (Å²) in [5, 5.41) is 19.9. The zero-order valence-electron chi connectivity index (χ0n) is 10.0. The minimum absolute atomic E-state index is 0.191. The van der Waals surface area contributed by atoms with E-state index >= 15 is 0 Å². The van der Waals surface area contributed by atoms with Crippen molar-refractivity contribution in [2.75, 3.05) is 5.73 Å². The highest BCUT2D eigenvalue weighted by Gasteiger charge is 2.23. The minimum atomic E-state index is -1.29. The summed E-state index contributed by atoms with van der Waals surface area (Å²) >= 11 is 0.946. The van der Waals surface area contributed by atoms with Gasteiger partial charge in [-0.05, 0) is 13.3 Å². The highest BCUT2D eigenvalue weighted by atomic mass is 32.1. The maximum absolute atomic E-state index is 11.8. The number of carbonyl (C=O) groups excluding carboxylic acids is 1. The molecule has 8 nitrogen and oxygen atoms in total. The number of amides is 1. The van der Waals surface area contributed by atoms with Crippen LogP contribution in [0.1, 0.15) is 28.2 Å². The van der Waals surface area contributed by atoms with Crippen LogP contribution in [0.15, 0.2) is 0 Å². The summed E-state index contributed by atoms with van der Waals surface area (Å²) in [7, 11) is 0. The van der Waals surface area contributed by atoms with Gasteiger partial charge in [0.25, 0.3) is 5.91 Å². The van der Waals surface area contributed by atoms with Gasteiger partial charge in [-0.2, -0.15) is 0 Å². The first kappa shape index (κ1) is 14.9. The second kappa shape index (κ2) is 6.14. The fourth-order valence-electron chi connectivity index (χ4n) is 1.38. The van der Waals surface area contributed by atoms with Crippen molar-refractivity contribution in [2.45, 2.75) is 25.8 Å². The van der Waals surface area contributed by atoms with E-state index in [1.807, 2.05) is 0 Å². The van der Waals surface area contributed by atoms with Crippen LogP contribution >= 0.6 is 11.3 Å². The Labute approximate surface area is 112 Å². The molecule has 1 amide bonds. The molecule has 1 heterocycles. The first-order valence-electron chi connectivity index (χ1n) is 5.29. The fourth-order valence-corrected chi connectivity index (χ4v) is 2.11. The molecule has 0 unspecified atom stereocenters. The van der Waals surface area contributed by atoms with Crippen molar-refractivity contribution in [3.8, 4) is 0 Å². The standard InChI is InChI=1S/C10H13N3O5S/c1-4-7(19-10(11)12-4)8(16)13-5(9(17)18)2-3-6(14)15/h5H,2-3H2,1H3,(H2,11,12)(H,13,16)(H,14,15)(H,17,18)/t5-/m0/s1. The number of hydrogen-bond donors (Lipinski definition) is 4. The molecule has 5 N–H and O–H groups in total. The van der Waals surface area contributed by atoms with Crippen LogP contribution in [-0.4, -0.2) is 39.1 Å². The molecule has 0 bridgehead atoms. The van der Waals surface area contributed by atoms with E-state index in [-0.39, 0.29) is 22.9 Å². The maximum Gasteiger partial charge on any atom is 0.326 e. The minimum Gasteiger partial charge on any atom is -0.481 e. The largest absolute Gasteiger partial charge is 0.481 e. The van der Waals surface area contributed by atoms with Gasteiger partial charge < -0.3 is 21.3 Å². The number of carboxylic acid groups (broad SMARTS) is 2. The SMILES string of the molecule is Cc1nc(N)sc1C(=O)N[C@@H](CCC(=O)O)C(=O)O. The Morgan fingerprint density at radius 3 is 2.47 bits per heavy atom. The van der Waals surface area contributed by atoms with Crippen molar-refractivity contribution in [3.63, 3.8) is 0 Å². The number of carboxylic acids is 2. The van der Waals surface area contributed by atoms with E-state index < -0.39 is 23.9 Å². The molecule has 0 aliphatic heterocycles. The first-order chi connectivity index (χ1) is 8.81. The lowest BCUT2D eigenvalue weighted by Crippen LogP contribution is -2.41. The molecular weight excluding hydrogens is 274 g/mol.